The van der Waals surface area contributed by atoms with Crippen LogP contribution in [0.1, 0.15) is 44.9 Å². The van der Waals surface area contributed by atoms with E-state index in [0.717, 1.165) is 4.99 Å². The van der Waals surface area contributed by atoms with Crippen LogP contribution < -0.4 is 5.73 Å². The van der Waals surface area contributed by atoms with Gasteiger partial charge in [-0.15, -0.1) is 0 Å². The highest BCUT2D eigenvalue weighted by atomic mass is 32.1. The van der Waals surface area contributed by atoms with E-state index in [9.17, 15) is 0 Å². The van der Waals surface area contributed by atoms with Gasteiger partial charge in [-0.1, -0.05) is 44.3 Å². The largest absolute Gasteiger partial charge is 0.393 e. The van der Waals surface area contributed by atoms with Crippen molar-refractivity contribution in [2.24, 2.45) is 11.7 Å². The third-order valence-corrected chi connectivity index (χ3v) is 2.84. The van der Waals surface area contributed by atoms with Crippen LogP contribution >= 0.6 is 12.2 Å². The SMILES string of the molecule is NC(=S)C1CCCCCCC1. The van der Waals surface area contributed by atoms with Gasteiger partial charge in [0.1, 0.15) is 0 Å². The lowest BCUT2D eigenvalue weighted by atomic mass is 9.91. The first kappa shape index (κ1) is 8.98. The van der Waals surface area contributed by atoms with Crippen molar-refractivity contribution < 1.29 is 0 Å². The molecule has 0 aromatic rings. The van der Waals surface area contributed by atoms with Crippen LogP contribution in [0, 0.1) is 5.92 Å². The molecule has 0 heterocycles. The summed E-state index contributed by atoms with van der Waals surface area (Å²) in [4.78, 5) is 0.743. The van der Waals surface area contributed by atoms with Crippen LogP contribution in [-0.4, -0.2) is 4.99 Å². The van der Waals surface area contributed by atoms with E-state index in [0.29, 0.717) is 5.92 Å². The molecule has 1 fully saturated rings. The van der Waals surface area contributed by atoms with Crippen LogP contribution in [0.3, 0.4) is 0 Å². The second-order valence-electron chi connectivity index (χ2n) is 3.44. The van der Waals surface area contributed by atoms with Gasteiger partial charge in [-0.25, -0.2) is 0 Å². The van der Waals surface area contributed by atoms with Crippen molar-refractivity contribution in [1.29, 1.82) is 0 Å². The van der Waals surface area contributed by atoms with Gasteiger partial charge in [0.2, 0.25) is 0 Å². The van der Waals surface area contributed by atoms with Crippen molar-refractivity contribution in [2.75, 3.05) is 0 Å². The number of thiocarbonyl (C=S) groups is 1. The maximum Gasteiger partial charge on any atom is 0.0758 e. The molecule has 0 atom stereocenters. The topological polar surface area (TPSA) is 26.0 Å². The fourth-order valence-electron chi connectivity index (χ4n) is 1.74. The lowest BCUT2D eigenvalue weighted by Crippen LogP contribution is -2.21. The molecule has 0 radical (unpaired) electrons. The zero-order chi connectivity index (χ0) is 8.10. The van der Waals surface area contributed by atoms with E-state index < -0.39 is 0 Å². The Bertz CT molecular complexity index is 126. The van der Waals surface area contributed by atoms with Gasteiger partial charge in [-0.05, 0) is 12.8 Å². The lowest BCUT2D eigenvalue weighted by Gasteiger charge is -2.17. The smallest absolute Gasteiger partial charge is 0.0758 e. The Kier molecular flexibility index (Phi) is 3.84. The molecule has 0 amide bonds. The first-order valence-corrected chi connectivity index (χ1v) is 5.01. The van der Waals surface area contributed by atoms with Gasteiger partial charge in [0, 0.05) is 5.92 Å². The van der Waals surface area contributed by atoms with Crippen LogP contribution in [0.2, 0.25) is 0 Å². The van der Waals surface area contributed by atoms with Gasteiger partial charge >= 0.3 is 0 Å². The van der Waals surface area contributed by atoms with Crippen molar-refractivity contribution >= 4 is 17.2 Å². The Balaban J connectivity index is 2.32. The molecule has 0 aromatic carbocycles. The maximum absolute atomic E-state index is 5.62. The molecule has 0 aromatic heterocycles. The summed E-state index contributed by atoms with van der Waals surface area (Å²) in [6.45, 7) is 0. The Morgan fingerprint density at radius 1 is 1.00 bits per heavy atom. The van der Waals surface area contributed by atoms with Gasteiger partial charge < -0.3 is 5.73 Å². The molecule has 0 aliphatic heterocycles. The normalized spacial score (nSPS) is 22.2. The van der Waals surface area contributed by atoms with Crippen molar-refractivity contribution in [3.05, 3.63) is 0 Å². The molecule has 64 valence electrons. The molecule has 0 unspecified atom stereocenters. The summed E-state index contributed by atoms with van der Waals surface area (Å²) in [7, 11) is 0. The number of rotatable bonds is 1. The molecule has 1 nitrogen and oxygen atoms in total. The molecule has 11 heavy (non-hydrogen) atoms. The summed E-state index contributed by atoms with van der Waals surface area (Å²) in [6, 6.07) is 0. The number of hydrogen-bond donors (Lipinski definition) is 1. The van der Waals surface area contributed by atoms with Crippen LogP contribution in [0.25, 0.3) is 0 Å². The second kappa shape index (κ2) is 4.70. The fraction of sp³-hybridized carbons (Fsp3) is 0.889. The third-order valence-electron chi connectivity index (χ3n) is 2.51. The van der Waals surface area contributed by atoms with E-state index in [-0.39, 0.29) is 0 Å². The van der Waals surface area contributed by atoms with E-state index in [1.165, 1.54) is 44.9 Å². The maximum atomic E-state index is 5.62. The summed E-state index contributed by atoms with van der Waals surface area (Å²) in [5, 5.41) is 0. The molecular weight excluding hydrogens is 154 g/mol. The predicted molar refractivity (Wildman–Crippen MR) is 52.6 cm³/mol. The number of hydrogen-bond acceptors (Lipinski definition) is 1. The average molecular weight is 171 g/mol. The standard InChI is InChI=1S/C9H17NS/c10-9(11)8-6-4-2-1-3-5-7-8/h8H,1-7H2,(H2,10,11). The highest BCUT2D eigenvalue weighted by Gasteiger charge is 2.12. The molecular formula is C9H17NS. The Labute approximate surface area is 74.4 Å². The van der Waals surface area contributed by atoms with E-state index in [2.05, 4.69) is 0 Å². The molecule has 0 bridgehead atoms. The first-order valence-electron chi connectivity index (χ1n) is 4.60. The Hall–Kier alpha value is -0.110. The van der Waals surface area contributed by atoms with E-state index >= 15 is 0 Å². The fourth-order valence-corrected chi connectivity index (χ4v) is 1.98. The van der Waals surface area contributed by atoms with Crippen LogP contribution in [0.5, 0.6) is 0 Å². The van der Waals surface area contributed by atoms with Crippen molar-refractivity contribution in [3.63, 3.8) is 0 Å². The lowest BCUT2D eigenvalue weighted by molar-refractivity contribution is 0.453. The molecule has 1 saturated carbocycles. The summed E-state index contributed by atoms with van der Waals surface area (Å²) in [6.07, 6.45) is 9.26. The van der Waals surface area contributed by atoms with E-state index in [1.54, 1.807) is 0 Å². The molecule has 1 rings (SSSR count). The van der Waals surface area contributed by atoms with Gasteiger partial charge in [-0.3, -0.25) is 0 Å². The van der Waals surface area contributed by atoms with Crippen molar-refractivity contribution in [3.8, 4) is 0 Å². The molecule has 1 aliphatic rings. The predicted octanol–water partition coefficient (Wildman–Crippen LogP) is 2.63. The Morgan fingerprint density at radius 2 is 1.45 bits per heavy atom. The highest BCUT2D eigenvalue weighted by Crippen LogP contribution is 2.22. The van der Waals surface area contributed by atoms with E-state index in [4.69, 9.17) is 18.0 Å². The first-order chi connectivity index (χ1) is 5.30. The molecule has 2 heteroatoms. The molecule has 2 N–H and O–H groups in total. The minimum absolute atomic E-state index is 0.547. The van der Waals surface area contributed by atoms with Gasteiger partial charge in [0.25, 0.3) is 0 Å². The molecule has 1 aliphatic carbocycles. The summed E-state index contributed by atoms with van der Waals surface area (Å²) in [5.41, 5.74) is 5.62. The molecule has 0 spiro atoms. The van der Waals surface area contributed by atoms with E-state index in [1.807, 2.05) is 0 Å². The van der Waals surface area contributed by atoms with Crippen LogP contribution in [-0.2, 0) is 0 Å². The zero-order valence-corrected chi connectivity index (χ0v) is 7.83. The van der Waals surface area contributed by atoms with Gasteiger partial charge in [0.05, 0.1) is 4.99 Å². The van der Waals surface area contributed by atoms with Gasteiger partial charge in [-0.2, -0.15) is 0 Å². The Morgan fingerprint density at radius 3 is 1.91 bits per heavy atom. The van der Waals surface area contributed by atoms with Crippen LogP contribution in [0.15, 0.2) is 0 Å². The monoisotopic (exact) mass is 171 g/mol. The minimum atomic E-state index is 0.547. The zero-order valence-electron chi connectivity index (χ0n) is 7.01. The van der Waals surface area contributed by atoms with Crippen molar-refractivity contribution in [2.45, 2.75) is 44.9 Å². The quantitative estimate of drug-likeness (QED) is 0.614. The highest BCUT2D eigenvalue weighted by molar-refractivity contribution is 7.80. The van der Waals surface area contributed by atoms with Crippen molar-refractivity contribution in [1.82, 2.24) is 0 Å². The van der Waals surface area contributed by atoms with Crippen LogP contribution in [0.4, 0.5) is 0 Å². The summed E-state index contributed by atoms with van der Waals surface area (Å²) >= 11 is 5.00. The molecule has 0 saturated heterocycles. The second-order valence-corrected chi connectivity index (χ2v) is 3.92. The third kappa shape index (κ3) is 3.19. The minimum Gasteiger partial charge on any atom is -0.393 e. The summed E-state index contributed by atoms with van der Waals surface area (Å²) in [5.74, 6) is 0.547. The van der Waals surface area contributed by atoms with Gasteiger partial charge in [0.15, 0.2) is 0 Å². The average Bonchev–Trinajstić information content (AvgIpc) is 1.84. The number of nitrogens with two attached hydrogens (primary N) is 1. The summed E-state index contributed by atoms with van der Waals surface area (Å²) < 4.78 is 0.